The number of hydrogen-bond donors (Lipinski definition) is 1. The maximum Gasteiger partial charge on any atom is 0.306 e. The zero-order chi connectivity index (χ0) is 7.84. The van der Waals surface area contributed by atoms with Crippen LogP contribution in [0.1, 0.15) is 32.1 Å². The van der Waals surface area contributed by atoms with Gasteiger partial charge in [0.1, 0.15) is 0 Å². The van der Waals surface area contributed by atoms with Crippen LogP contribution < -0.4 is 0 Å². The highest BCUT2D eigenvalue weighted by Gasteiger charge is 2.42. The summed E-state index contributed by atoms with van der Waals surface area (Å²) in [6.07, 6.45) is 5.99. The van der Waals surface area contributed by atoms with E-state index in [-0.39, 0.29) is 5.92 Å². The van der Waals surface area contributed by atoms with Gasteiger partial charge in [0.2, 0.25) is 0 Å². The van der Waals surface area contributed by atoms with Gasteiger partial charge in [-0.05, 0) is 24.7 Å². The lowest BCUT2D eigenvalue weighted by Gasteiger charge is -2.43. The Kier molecular flexibility index (Phi) is 1.63. The van der Waals surface area contributed by atoms with E-state index in [4.69, 9.17) is 5.11 Å². The van der Waals surface area contributed by atoms with E-state index < -0.39 is 5.97 Å². The topological polar surface area (TPSA) is 37.3 Å². The van der Waals surface area contributed by atoms with E-state index in [1.807, 2.05) is 0 Å². The lowest BCUT2D eigenvalue weighted by Crippen LogP contribution is -2.40. The van der Waals surface area contributed by atoms with Crippen molar-refractivity contribution in [3.63, 3.8) is 0 Å². The molecule has 0 spiro atoms. The minimum absolute atomic E-state index is 0.0142. The minimum atomic E-state index is -0.562. The number of aliphatic carboxylic acids is 1. The van der Waals surface area contributed by atoms with Crippen molar-refractivity contribution in [3.8, 4) is 0 Å². The molecule has 0 aromatic heterocycles. The van der Waals surface area contributed by atoms with E-state index in [1.54, 1.807) is 0 Å². The van der Waals surface area contributed by atoms with Gasteiger partial charge in [0.15, 0.2) is 0 Å². The van der Waals surface area contributed by atoms with Gasteiger partial charge in [-0.15, -0.1) is 0 Å². The number of carboxylic acids is 1. The Balaban J connectivity index is 1.89. The van der Waals surface area contributed by atoms with Gasteiger partial charge in [0, 0.05) is 0 Å². The molecule has 0 aliphatic heterocycles. The zero-order valence-electron chi connectivity index (χ0n) is 6.62. The van der Waals surface area contributed by atoms with Crippen LogP contribution in [-0.2, 0) is 4.79 Å². The highest BCUT2D eigenvalue weighted by Crippen LogP contribution is 2.47. The van der Waals surface area contributed by atoms with Crippen LogP contribution in [0.25, 0.3) is 0 Å². The van der Waals surface area contributed by atoms with Gasteiger partial charge in [-0.25, -0.2) is 0 Å². The quantitative estimate of drug-likeness (QED) is 0.659. The molecule has 2 fully saturated rings. The Hall–Kier alpha value is -0.530. The van der Waals surface area contributed by atoms with Gasteiger partial charge in [0.25, 0.3) is 0 Å². The summed E-state index contributed by atoms with van der Waals surface area (Å²) in [5.74, 6) is 0.763. The average molecular weight is 154 g/mol. The Morgan fingerprint density at radius 2 is 1.91 bits per heavy atom. The molecular weight excluding hydrogens is 140 g/mol. The molecule has 2 aliphatic rings. The molecule has 0 aromatic rings. The molecule has 62 valence electrons. The summed E-state index contributed by atoms with van der Waals surface area (Å²) in [5, 5.41) is 8.77. The molecule has 0 amide bonds. The molecule has 11 heavy (non-hydrogen) atoms. The number of rotatable bonds is 2. The Labute approximate surface area is 66.6 Å². The fourth-order valence-corrected chi connectivity index (χ4v) is 2.26. The molecule has 2 heteroatoms. The van der Waals surface area contributed by atoms with Gasteiger partial charge < -0.3 is 5.11 Å². The SMILES string of the molecule is O=C(O)C1CCC1C1CCC1. The standard InChI is InChI=1S/C9H14O2/c10-9(11)8-5-4-7(8)6-2-1-3-6/h6-8H,1-5H2,(H,10,11). The predicted octanol–water partition coefficient (Wildman–Crippen LogP) is 1.90. The van der Waals surface area contributed by atoms with Crippen LogP contribution in [-0.4, -0.2) is 11.1 Å². The Bertz CT molecular complexity index is 172. The fraction of sp³-hybridized carbons (Fsp3) is 0.889. The van der Waals surface area contributed by atoms with Crippen molar-refractivity contribution >= 4 is 5.97 Å². The first-order valence-electron chi connectivity index (χ1n) is 4.52. The third-order valence-corrected chi connectivity index (χ3v) is 3.40. The monoisotopic (exact) mass is 154 g/mol. The summed E-state index contributed by atoms with van der Waals surface area (Å²) in [4.78, 5) is 10.6. The first kappa shape index (κ1) is 7.14. The highest BCUT2D eigenvalue weighted by atomic mass is 16.4. The summed E-state index contributed by atoms with van der Waals surface area (Å²) in [6.45, 7) is 0. The second-order valence-electron chi connectivity index (χ2n) is 3.88. The Morgan fingerprint density at radius 1 is 1.18 bits per heavy atom. The molecule has 2 nitrogen and oxygen atoms in total. The molecule has 0 radical (unpaired) electrons. The fourth-order valence-electron chi connectivity index (χ4n) is 2.26. The van der Waals surface area contributed by atoms with Crippen molar-refractivity contribution in [2.75, 3.05) is 0 Å². The maximum atomic E-state index is 10.6. The molecule has 0 heterocycles. The minimum Gasteiger partial charge on any atom is -0.481 e. The number of hydrogen-bond acceptors (Lipinski definition) is 1. The largest absolute Gasteiger partial charge is 0.481 e. The van der Waals surface area contributed by atoms with Crippen LogP contribution in [0, 0.1) is 17.8 Å². The third-order valence-electron chi connectivity index (χ3n) is 3.40. The van der Waals surface area contributed by atoms with Gasteiger partial charge in [0.05, 0.1) is 5.92 Å². The molecule has 1 N–H and O–H groups in total. The lowest BCUT2D eigenvalue weighted by atomic mass is 9.61. The normalized spacial score (nSPS) is 37.5. The van der Waals surface area contributed by atoms with Crippen LogP contribution in [0.4, 0.5) is 0 Å². The second kappa shape index (κ2) is 2.50. The molecule has 2 aliphatic carbocycles. The first-order chi connectivity index (χ1) is 5.29. The van der Waals surface area contributed by atoms with Gasteiger partial charge >= 0.3 is 5.97 Å². The van der Waals surface area contributed by atoms with E-state index in [9.17, 15) is 4.79 Å². The highest BCUT2D eigenvalue weighted by molar-refractivity contribution is 5.71. The molecule has 2 unspecified atom stereocenters. The third kappa shape index (κ3) is 1.05. The van der Waals surface area contributed by atoms with E-state index in [2.05, 4.69) is 0 Å². The van der Waals surface area contributed by atoms with Crippen molar-refractivity contribution in [1.29, 1.82) is 0 Å². The molecule has 0 aromatic carbocycles. The average Bonchev–Trinajstić information content (AvgIpc) is 1.73. The van der Waals surface area contributed by atoms with Crippen LogP contribution in [0.5, 0.6) is 0 Å². The van der Waals surface area contributed by atoms with Crippen molar-refractivity contribution in [2.45, 2.75) is 32.1 Å². The summed E-state index contributed by atoms with van der Waals surface area (Å²) in [5.41, 5.74) is 0. The predicted molar refractivity (Wildman–Crippen MR) is 41.2 cm³/mol. The molecular formula is C9H14O2. The van der Waals surface area contributed by atoms with Crippen LogP contribution in [0.15, 0.2) is 0 Å². The van der Waals surface area contributed by atoms with Crippen molar-refractivity contribution in [3.05, 3.63) is 0 Å². The van der Waals surface area contributed by atoms with Crippen LogP contribution >= 0.6 is 0 Å². The van der Waals surface area contributed by atoms with Crippen LogP contribution in [0.3, 0.4) is 0 Å². The molecule has 2 rings (SSSR count). The van der Waals surface area contributed by atoms with Crippen molar-refractivity contribution in [1.82, 2.24) is 0 Å². The number of carboxylic acid groups (broad SMARTS) is 1. The van der Waals surface area contributed by atoms with E-state index in [0.29, 0.717) is 5.92 Å². The van der Waals surface area contributed by atoms with E-state index in [0.717, 1.165) is 12.3 Å². The van der Waals surface area contributed by atoms with Crippen molar-refractivity contribution < 1.29 is 9.90 Å². The second-order valence-corrected chi connectivity index (χ2v) is 3.88. The lowest BCUT2D eigenvalue weighted by molar-refractivity contribution is -0.150. The van der Waals surface area contributed by atoms with E-state index in [1.165, 1.54) is 25.7 Å². The summed E-state index contributed by atoms with van der Waals surface area (Å²) < 4.78 is 0. The van der Waals surface area contributed by atoms with Crippen molar-refractivity contribution in [2.24, 2.45) is 17.8 Å². The van der Waals surface area contributed by atoms with Gasteiger partial charge in [-0.3, -0.25) is 4.79 Å². The summed E-state index contributed by atoms with van der Waals surface area (Å²) in [6, 6.07) is 0. The zero-order valence-corrected chi connectivity index (χ0v) is 6.62. The first-order valence-corrected chi connectivity index (χ1v) is 4.52. The summed E-state index contributed by atoms with van der Waals surface area (Å²) in [7, 11) is 0. The molecule has 0 bridgehead atoms. The summed E-state index contributed by atoms with van der Waals surface area (Å²) >= 11 is 0. The van der Waals surface area contributed by atoms with Gasteiger partial charge in [-0.1, -0.05) is 19.3 Å². The molecule has 2 atom stereocenters. The smallest absolute Gasteiger partial charge is 0.306 e. The van der Waals surface area contributed by atoms with Crippen LogP contribution in [0.2, 0.25) is 0 Å². The van der Waals surface area contributed by atoms with Gasteiger partial charge in [-0.2, -0.15) is 0 Å². The maximum absolute atomic E-state index is 10.6. The Morgan fingerprint density at radius 3 is 2.18 bits per heavy atom. The molecule has 2 saturated carbocycles. The van der Waals surface area contributed by atoms with E-state index >= 15 is 0 Å². The molecule has 0 saturated heterocycles. The number of carbonyl (C=O) groups is 1.